The topological polar surface area (TPSA) is 86.8 Å². The molecule has 0 unspecified atom stereocenters. The summed E-state index contributed by atoms with van der Waals surface area (Å²) < 4.78 is 40.6. The lowest BCUT2D eigenvalue weighted by Gasteiger charge is -2.32. The Kier molecular flexibility index (Phi) is 7.28. The maximum absolute atomic E-state index is 14.0. The standard InChI is InChI=1S/C23H24FN3O4S/c1-3-17-7-6-8-19(15-17)25-22(28)16-26(2)23(29)18-11-13-27(14-12-18)32(30,31)21-10-5-4-9-20(21)24/h1,4-10,15,18H,11-14,16H2,2H3,(H,25,28). The molecule has 1 heterocycles. The summed E-state index contributed by atoms with van der Waals surface area (Å²) in [5.41, 5.74) is 1.17. The minimum atomic E-state index is -3.97. The van der Waals surface area contributed by atoms with Crippen molar-refractivity contribution >= 4 is 27.5 Å². The molecule has 9 heteroatoms. The van der Waals surface area contributed by atoms with E-state index in [-0.39, 0.29) is 36.3 Å². The third-order valence-electron chi connectivity index (χ3n) is 5.33. The predicted octanol–water partition coefficient (Wildman–Crippen LogP) is 2.30. The van der Waals surface area contributed by atoms with E-state index in [1.165, 1.54) is 34.5 Å². The average Bonchev–Trinajstić information content (AvgIpc) is 2.78. The van der Waals surface area contributed by atoms with Gasteiger partial charge >= 0.3 is 0 Å². The number of rotatable bonds is 6. The summed E-state index contributed by atoms with van der Waals surface area (Å²) >= 11 is 0. The molecule has 32 heavy (non-hydrogen) atoms. The molecule has 2 aromatic rings. The highest BCUT2D eigenvalue weighted by Gasteiger charge is 2.34. The Balaban J connectivity index is 1.55. The summed E-state index contributed by atoms with van der Waals surface area (Å²) in [6.45, 7) is 0.0604. The number of hydrogen-bond acceptors (Lipinski definition) is 4. The van der Waals surface area contributed by atoms with Crippen LogP contribution in [0.1, 0.15) is 18.4 Å². The molecule has 2 aromatic carbocycles. The van der Waals surface area contributed by atoms with E-state index < -0.39 is 21.8 Å². The molecule has 1 aliphatic heterocycles. The maximum Gasteiger partial charge on any atom is 0.245 e. The first-order valence-corrected chi connectivity index (χ1v) is 11.5. The van der Waals surface area contributed by atoms with Gasteiger partial charge in [-0.1, -0.05) is 24.1 Å². The van der Waals surface area contributed by atoms with E-state index in [0.29, 0.717) is 24.1 Å². The molecular formula is C23H24FN3O4S. The Hall–Kier alpha value is -3.22. The fourth-order valence-electron chi connectivity index (χ4n) is 3.63. The number of piperidine rings is 1. The number of terminal acetylenes is 1. The van der Waals surface area contributed by atoms with Gasteiger partial charge in [-0.25, -0.2) is 12.8 Å². The van der Waals surface area contributed by atoms with Crippen LogP contribution in [-0.4, -0.2) is 56.1 Å². The Labute approximate surface area is 187 Å². The van der Waals surface area contributed by atoms with Crippen molar-refractivity contribution in [1.29, 1.82) is 0 Å². The zero-order chi connectivity index (χ0) is 23.3. The minimum Gasteiger partial charge on any atom is -0.336 e. The number of likely N-dealkylation sites (N-methyl/N-ethyl adjacent to an activating group) is 1. The zero-order valence-corrected chi connectivity index (χ0v) is 18.4. The number of hydrogen-bond donors (Lipinski definition) is 1. The third-order valence-corrected chi connectivity index (χ3v) is 7.26. The van der Waals surface area contributed by atoms with Crippen molar-refractivity contribution in [2.24, 2.45) is 5.92 Å². The van der Waals surface area contributed by atoms with E-state index in [4.69, 9.17) is 6.42 Å². The van der Waals surface area contributed by atoms with E-state index in [9.17, 15) is 22.4 Å². The predicted molar refractivity (Wildman–Crippen MR) is 119 cm³/mol. The molecule has 2 amide bonds. The van der Waals surface area contributed by atoms with Crippen molar-refractivity contribution in [2.75, 3.05) is 32.0 Å². The monoisotopic (exact) mass is 457 g/mol. The Morgan fingerprint density at radius 1 is 1.19 bits per heavy atom. The fourth-order valence-corrected chi connectivity index (χ4v) is 5.16. The highest BCUT2D eigenvalue weighted by atomic mass is 32.2. The highest BCUT2D eigenvalue weighted by Crippen LogP contribution is 2.26. The minimum absolute atomic E-state index is 0.103. The molecule has 0 saturated carbocycles. The van der Waals surface area contributed by atoms with Crippen LogP contribution >= 0.6 is 0 Å². The van der Waals surface area contributed by atoms with Crippen LogP contribution in [-0.2, 0) is 19.6 Å². The second kappa shape index (κ2) is 9.94. The highest BCUT2D eigenvalue weighted by molar-refractivity contribution is 7.89. The van der Waals surface area contributed by atoms with Crippen molar-refractivity contribution in [3.8, 4) is 12.3 Å². The van der Waals surface area contributed by atoms with Crippen LogP contribution in [0.3, 0.4) is 0 Å². The lowest BCUT2D eigenvalue weighted by Crippen LogP contribution is -2.45. The van der Waals surface area contributed by atoms with Gasteiger partial charge in [0.15, 0.2) is 0 Å². The molecular weight excluding hydrogens is 433 g/mol. The van der Waals surface area contributed by atoms with E-state index in [1.807, 2.05) is 0 Å². The van der Waals surface area contributed by atoms with Gasteiger partial charge in [0, 0.05) is 37.3 Å². The van der Waals surface area contributed by atoms with Gasteiger partial charge in [-0.15, -0.1) is 6.42 Å². The number of carbonyl (C=O) groups excluding carboxylic acids is 2. The molecule has 1 N–H and O–H groups in total. The second-order valence-electron chi connectivity index (χ2n) is 7.58. The zero-order valence-electron chi connectivity index (χ0n) is 17.6. The van der Waals surface area contributed by atoms with Gasteiger partial charge in [0.05, 0.1) is 6.54 Å². The number of carbonyl (C=O) groups is 2. The van der Waals surface area contributed by atoms with Crippen LogP contribution in [0.4, 0.5) is 10.1 Å². The van der Waals surface area contributed by atoms with Crippen molar-refractivity contribution in [2.45, 2.75) is 17.7 Å². The number of benzene rings is 2. The number of nitrogens with zero attached hydrogens (tertiary/aromatic N) is 2. The van der Waals surface area contributed by atoms with E-state index in [1.54, 1.807) is 24.3 Å². The molecule has 7 nitrogen and oxygen atoms in total. The number of sulfonamides is 1. The first kappa shape index (κ1) is 23.4. The van der Waals surface area contributed by atoms with Crippen LogP contribution < -0.4 is 5.32 Å². The summed E-state index contributed by atoms with van der Waals surface area (Å²) in [6.07, 6.45) is 5.94. The van der Waals surface area contributed by atoms with E-state index in [2.05, 4.69) is 11.2 Å². The van der Waals surface area contributed by atoms with Crippen LogP contribution in [0.15, 0.2) is 53.4 Å². The van der Waals surface area contributed by atoms with Crippen molar-refractivity contribution in [1.82, 2.24) is 9.21 Å². The van der Waals surface area contributed by atoms with Gasteiger partial charge in [0.1, 0.15) is 10.7 Å². The molecule has 1 saturated heterocycles. The van der Waals surface area contributed by atoms with E-state index >= 15 is 0 Å². The van der Waals surface area contributed by atoms with Crippen LogP contribution in [0.25, 0.3) is 0 Å². The summed E-state index contributed by atoms with van der Waals surface area (Å²) in [5.74, 6) is 0.671. The normalized spacial score (nSPS) is 15.0. The molecule has 1 aliphatic rings. The fraction of sp³-hybridized carbons (Fsp3) is 0.304. The maximum atomic E-state index is 14.0. The van der Waals surface area contributed by atoms with Gasteiger partial charge in [0.25, 0.3) is 0 Å². The number of halogens is 1. The smallest absolute Gasteiger partial charge is 0.245 e. The van der Waals surface area contributed by atoms with Crippen LogP contribution in [0, 0.1) is 24.1 Å². The van der Waals surface area contributed by atoms with Gasteiger partial charge in [-0.2, -0.15) is 4.31 Å². The Morgan fingerprint density at radius 2 is 1.88 bits per heavy atom. The van der Waals surface area contributed by atoms with Gasteiger partial charge in [-0.05, 0) is 43.2 Å². The van der Waals surface area contributed by atoms with Gasteiger partial charge in [0.2, 0.25) is 21.8 Å². The SMILES string of the molecule is C#Cc1cccc(NC(=O)CN(C)C(=O)C2CCN(S(=O)(=O)c3ccccc3F)CC2)c1. The van der Waals surface area contributed by atoms with Crippen LogP contribution in [0.5, 0.6) is 0 Å². The molecule has 0 atom stereocenters. The Morgan fingerprint density at radius 3 is 2.53 bits per heavy atom. The molecule has 3 rings (SSSR count). The molecule has 0 aromatic heterocycles. The quantitative estimate of drug-likeness (QED) is 0.675. The summed E-state index contributed by atoms with van der Waals surface area (Å²) in [6, 6.07) is 12.1. The average molecular weight is 458 g/mol. The lowest BCUT2D eigenvalue weighted by atomic mass is 9.96. The van der Waals surface area contributed by atoms with Gasteiger partial charge < -0.3 is 10.2 Å². The molecule has 0 radical (unpaired) electrons. The molecule has 0 aliphatic carbocycles. The molecule has 0 bridgehead atoms. The largest absolute Gasteiger partial charge is 0.336 e. The Bertz CT molecular complexity index is 1150. The second-order valence-corrected chi connectivity index (χ2v) is 9.48. The van der Waals surface area contributed by atoms with Crippen molar-refractivity contribution in [3.05, 3.63) is 59.9 Å². The van der Waals surface area contributed by atoms with E-state index in [0.717, 1.165) is 6.07 Å². The molecule has 168 valence electrons. The lowest BCUT2D eigenvalue weighted by molar-refractivity contribution is -0.138. The molecule has 1 fully saturated rings. The first-order chi connectivity index (χ1) is 15.2. The van der Waals surface area contributed by atoms with Crippen molar-refractivity contribution < 1.29 is 22.4 Å². The third kappa shape index (κ3) is 5.33. The molecule has 0 spiro atoms. The summed E-state index contributed by atoms with van der Waals surface area (Å²) in [4.78, 5) is 26.0. The summed E-state index contributed by atoms with van der Waals surface area (Å²) in [7, 11) is -2.44. The van der Waals surface area contributed by atoms with Crippen LogP contribution in [0.2, 0.25) is 0 Å². The number of anilines is 1. The van der Waals surface area contributed by atoms with Crippen molar-refractivity contribution in [3.63, 3.8) is 0 Å². The number of amides is 2. The first-order valence-electron chi connectivity index (χ1n) is 10.1. The van der Waals surface area contributed by atoms with Gasteiger partial charge in [-0.3, -0.25) is 9.59 Å². The number of nitrogens with one attached hydrogen (secondary N) is 1. The summed E-state index contributed by atoms with van der Waals surface area (Å²) in [5, 5.41) is 2.70.